The van der Waals surface area contributed by atoms with Gasteiger partial charge < -0.3 is 15.0 Å². The Bertz CT molecular complexity index is 1300. The van der Waals surface area contributed by atoms with Crippen molar-refractivity contribution in [3.63, 3.8) is 0 Å². The lowest BCUT2D eigenvalue weighted by atomic mass is 10.0. The van der Waals surface area contributed by atoms with Crippen LogP contribution in [0.25, 0.3) is 11.0 Å². The molecule has 35 heavy (non-hydrogen) atoms. The Hall–Kier alpha value is -3.14. The Morgan fingerprint density at radius 3 is 2.49 bits per heavy atom. The molecule has 1 atom stereocenters. The molecule has 186 valence electrons. The van der Waals surface area contributed by atoms with Crippen LogP contribution in [-0.4, -0.2) is 40.8 Å². The maximum atomic E-state index is 14.8. The highest BCUT2D eigenvalue weighted by Crippen LogP contribution is 2.32. The molecule has 1 N–H and O–H groups in total. The number of piperidine rings is 1. The molecule has 0 spiro atoms. The molecule has 7 nitrogen and oxygen atoms in total. The third kappa shape index (κ3) is 4.35. The van der Waals surface area contributed by atoms with Gasteiger partial charge in [0.25, 0.3) is 12.0 Å². The molecular formula is C25H28F3N5O2. The predicted molar refractivity (Wildman–Crippen MR) is 128 cm³/mol. The Balaban J connectivity index is 1.63. The van der Waals surface area contributed by atoms with Crippen LogP contribution in [-0.2, 0) is 4.74 Å². The van der Waals surface area contributed by atoms with E-state index in [1.54, 1.807) is 24.5 Å². The quantitative estimate of drug-likeness (QED) is 0.533. The molecule has 10 heteroatoms. The number of rotatable bonds is 6. The van der Waals surface area contributed by atoms with Crippen molar-refractivity contribution < 1.29 is 17.9 Å². The minimum Gasteiger partial charge on any atom is -0.377 e. The van der Waals surface area contributed by atoms with Crippen molar-refractivity contribution in [1.29, 1.82) is 0 Å². The van der Waals surface area contributed by atoms with Gasteiger partial charge >= 0.3 is 0 Å². The summed E-state index contributed by atoms with van der Waals surface area (Å²) < 4.78 is 48.4. The summed E-state index contributed by atoms with van der Waals surface area (Å²) in [5.74, 6) is -0.0719. The smallest absolute Gasteiger partial charge is 0.276 e. The van der Waals surface area contributed by atoms with E-state index in [-0.39, 0.29) is 17.2 Å². The van der Waals surface area contributed by atoms with Gasteiger partial charge in [0.05, 0.1) is 36.2 Å². The molecule has 0 unspecified atom stereocenters. The van der Waals surface area contributed by atoms with Gasteiger partial charge in [0.2, 0.25) is 0 Å². The lowest BCUT2D eigenvalue weighted by Crippen LogP contribution is -2.41. The number of aryl methyl sites for hydroxylation is 1. The first-order chi connectivity index (χ1) is 16.8. The summed E-state index contributed by atoms with van der Waals surface area (Å²) in [7, 11) is 0. The van der Waals surface area contributed by atoms with Gasteiger partial charge in [-0.25, -0.2) is 23.1 Å². The van der Waals surface area contributed by atoms with Crippen LogP contribution in [0.2, 0.25) is 0 Å². The fraction of sp³-hybridized carbons (Fsp3) is 0.480. The molecule has 2 saturated heterocycles. The fourth-order valence-electron chi connectivity index (χ4n) is 4.84. The van der Waals surface area contributed by atoms with Crippen LogP contribution < -0.4 is 15.8 Å². The molecule has 0 bridgehead atoms. The fourth-order valence-corrected chi connectivity index (χ4v) is 4.84. The van der Waals surface area contributed by atoms with Crippen LogP contribution in [0.4, 0.5) is 24.7 Å². The number of pyridine rings is 1. The number of hydrogen-bond donors (Lipinski definition) is 1. The molecule has 2 aromatic heterocycles. The van der Waals surface area contributed by atoms with Crippen molar-refractivity contribution in [3.8, 4) is 0 Å². The second kappa shape index (κ2) is 9.49. The first kappa shape index (κ1) is 23.6. The van der Waals surface area contributed by atoms with E-state index in [0.717, 1.165) is 38.4 Å². The third-order valence-corrected chi connectivity index (χ3v) is 6.78. The Morgan fingerprint density at radius 1 is 1.11 bits per heavy atom. The van der Waals surface area contributed by atoms with Gasteiger partial charge in [-0.1, -0.05) is 18.2 Å². The lowest BCUT2D eigenvalue weighted by molar-refractivity contribution is -0.0230. The summed E-state index contributed by atoms with van der Waals surface area (Å²) in [6.07, 6.45) is 0.243. The molecule has 2 aliphatic rings. The SMILES string of the molecule is Cc1nc(N[C@H](C)c2cccc(C(F)F)c2F)c2cc(N3CCCCC3)c(=O)n(C3COC3)c2n1. The van der Waals surface area contributed by atoms with E-state index in [9.17, 15) is 18.0 Å². The number of fused-ring (bicyclic) bond motifs is 1. The van der Waals surface area contributed by atoms with Gasteiger partial charge in [-0.15, -0.1) is 0 Å². The van der Waals surface area contributed by atoms with Gasteiger partial charge in [-0.05, 0) is 39.2 Å². The maximum absolute atomic E-state index is 14.8. The zero-order chi connectivity index (χ0) is 24.7. The topological polar surface area (TPSA) is 72.3 Å². The van der Waals surface area contributed by atoms with Crippen LogP contribution in [0.1, 0.15) is 61.6 Å². The van der Waals surface area contributed by atoms with Gasteiger partial charge in [-0.3, -0.25) is 9.36 Å². The molecule has 0 amide bonds. The Morgan fingerprint density at radius 2 is 1.83 bits per heavy atom. The average molecular weight is 488 g/mol. The summed E-state index contributed by atoms with van der Waals surface area (Å²) in [5, 5.41) is 3.82. The average Bonchev–Trinajstić information content (AvgIpc) is 2.80. The number of halogens is 3. The minimum absolute atomic E-state index is 0.111. The van der Waals surface area contributed by atoms with E-state index in [2.05, 4.69) is 20.2 Å². The molecular weight excluding hydrogens is 459 g/mol. The highest BCUT2D eigenvalue weighted by molar-refractivity contribution is 5.89. The van der Waals surface area contributed by atoms with Crippen LogP contribution in [0.15, 0.2) is 29.1 Å². The van der Waals surface area contributed by atoms with E-state index < -0.39 is 23.8 Å². The predicted octanol–water partition coefficient (Wildman–Crippen LogP) is 4.91. The van der Waals surface area contributed by atoms with Crippen LogP contribution in [0.3, 0.4) is 0 Å². The molecule has 5 rings (SSSR count). The molecule has 2 aliphatic heterocycles. The van der Waals surface area contributed by atoms with E-state index in [1.165, 1.54) is 12.1 Å². The van der Waals surface area contributed by atoms with Crippen molar-refractivity contribution in [2.75, 3.05) is 36.5 Å². The molecule has 0 aliphatic carbocycles. The van der Waals surface area contributed by atoms with E-state index in [0.29, 0.717) is 41.6 Å². The summed E-state index contributed by atoms with van der Waals surface area (Å²) in [6, 6.07) is 5.01. The number of nitrogens with one attached hydrogen (secondary N) is 1. The Kier molecular flexibility index (Phi) is 6.39. The number of hydrogen-bond acceptors (Lipinski definition) is 6. The molecule has 4 heterocycles. The van der Waals surface area contributed by atoms with E-state index >= 15 is 0 Å². The highest BCUT2D eigenvalue weighted by Gasteiger charge is 2.29. The number of alkyl halides is 2. The van der Waals surface area contributed by atoms with Crippen molar-refractivity contribution in [3.05, 3.63) is 57.4 Å². The number of nitrogens with zero attached hydrogens (tertiary/aromatic N) is 4. The number of benzene rings is 1. The maximum Gasteiger partial charge on any atom is 0.276 e. The van der Waals surface area contributed by atoms with Gasteiger partial charge in [0, 0.05) is 18.7 Å². The number of aromatic nitrogens is 3. The second-order valence-electron chi connectivity index (χ2n) is 9.22. The standard InChI is InChI=1S/C25H28F3N5O2/c1-14(17-7-6-8-18(21(17)26)22(27)28)29-23-19-11-20(32-9-4-3-5-10-32)25(34)33(16-12-35-13-16)24(19)31-15(2)30-23/h6-8,11,14,16,22H,3-5,9-10,12-13H2,1-2H3,(H,29,30,31)/t14-/m1/s1. The number of ether oxygens (including phenoxy) is 1. The van der Waals surface area contributed by atoms with Crippen molar-refractivity contribution in [2.45, 2.75) is 51.6 Å². The zero-order valence-electron chi connectivity index (χ0n) is 19.7. The largest absolute Gasteiger partial charge is 0.377 e. The van der Waals surface area contributed by atoms with Gasteiger partial charge in [0.15, 0.2) is 0 Å². The first-order valence-corrected chi connectivity index (χ1v) is 11.9. The Labute approximate surface area is 200 Å². The minimum atomic E-state index is -2.91. The summed E-state index contributed by atoms with van der Waals surface area (Å²) in [6.45, 7) is 5.84. The summed E-state index contributed by atoms with van der Waals surface area (Å²) in [4.78, 5) is 24.8. The van der Waals surface area contributed by atoms with Gasteiger partial charge in [0.1, 0.15) is 28.8 Å². The van der Waals surface area contributed by atoms with E-state index in [1.807, 2.05) is 0 Å². The zero-order valence-corrected chi connectivity index (χ0v) is 19.7. The molecule has 0 radical (unpaired) electrons. The first-order valence-electron chi connectivity index (χ1n) is 11.9. The summed E-state index contributed by atoms with van der Waals surface area (Å²) >= 11 is 0. The van der Waals surface area contributed by atoms with Crippen LogP contribution in [0.5, 0.6) is 0 Å². The van der Waals surface area contributed by atoms with Crippen LogP contribution >= 0.6 is 0 Å². The molecule has 3 aromatic rings. The van der Waals surface area contributed by atoms with Crippen LogP contribution in [0, 0.1) is 12.7 Å². The van der Waals surface area contributed by atoms with E-state index in [4.69, 9.17) is 4.74 Å². The van der Waals surface area contributed by atoms with Gasteiger partial charge in [-0.2, -0.15) is 0 Å². The highest BCUT2D eigenvalue weighted by atomic mass is 19.3. The monoisotopic (exact) mass is 487 g/mol. The van der Waals surface area contributed by atoms with Crippen molar-refractivity contribution in [2.24, 2.45) is 0 Å². The number of anilines is 2. The third-order valence-electron chi connectivity index (χ3n) is 6.78. The summed E-state index contributed by atoms with van der Waals surface area (Å²) in [5.41, 5.74) is 0.432. The van der Waals surface area contributed by atoms with Crippen molar-refractivity contribution >= 4 is 22.5 Å². The lowest BCUT2D eigenvalue weighted by Gasteiger charge is -2.33. The molecule has 0 saturated carbocycles. The van der Waals surface area contributed by atoms with Crippen molar-refractivity contribution in [1.82, 2.24) is 14.5 Å². The molecule has 2 fully saturated rings. The normalized spacial score (nSPS) is 17.6. The molecule has 1 aromatic carbocycles. The second-order valence-corrected chi connectivity index (χ2v) is 9.22.